The number of amides is 1. The van der Waals surface area contributed by atoms with Crippen molar-refractivity contribution in [1.82, 2.24) is 4.57 Å². The number of fused-ring (bicyclic) bond motifs is 1. The van der Waals surface area contributed by atoms with Gasteiger partial charge in [-0.05, 0) is 50.2 Å². The zero-order valence-electron chi connectivity index (χ0n) is 15.6. The fourth-order valence-electron chi connectivity index (χ4n) is 3.18. The molecule has 1 amide bonds. The van der Waals surface area contributed by atoms with Crippen LogP contribution in [0.15, 0.2) is 48.7 Å². The van der Waals surface area contributed by atoms with Gasteiger partial charge in [-0.25, -0.2) is 0 Å². The van der Waals surface area contributed by atoms with E-state index in [9.17, 15) is 9.59 Å². The second-order valence-corrected chi connectivity index (χ2v) is 6.70. The van der Waals surface area contributed by atoms with Gasteiger partial charge in [0, 0.05) is 48.0 Å². The molecule has 3 aromatic rings. The van der Waals surface area contributed by atoms with Crippen LogP contribution in [0.5, 0.6) is 0 Å². The van der Waals surface area contributed by atoms with Crippen molar-refractivity contribution in [1.29, 1.82) is 0 Å². The summed E-state index contributed by atoms with van der Waals surface area (Å²) in [5, 5.41) is 4.11. The topological polar surface area (TPSA) is 54.3 Å². The van der Waals surface area contributed by atoms with Gasteiger partial charge in [0.05, 0.1) is 11.1 Å². The minimum atomic E-state index is -0.266. The largest absolute Gasteiger partial charge is 0.372 e. The first-order chi connectivity index (χ1) is 12.9. The molecular formula is C21H22ClN3O2. The molecule has 0 aliphatic carbocycles. The van der Waals surface area contributed by atoms with Gasteiger partial charge >= 0.3 is 0 Å². The van der Waals surface area contributed by atoms with E-state index in [1.165, 1.54) is 11.5 Å². The molecule has 3 rings (SSSR count). The summed E-state index contributed by atoms with van der Waals surface area (Å²) < 4.78 is 1.44. The number of nitrogens with zero attached hydrogens (tertiary/aromatic N) is 2. The molecular weight excluding hydrogens is 362 g/mol. The molecule has 1 N–H and O–H groups in total. The SMILES string of the molecule is CCN(CC)c1ccc(NC(=O)c2cn(C(C)=O)c3cc(Cl)ccc23)cc1. The minimum Gasteiger partial charge on any atom is -0.372 e. The summed E-state index contributed by atoms with van der Waals surface area (Å²) in [6, 6.07) is 12.9. The van der Waals surface area contributed by atoms with Crippen LogP contribution < -0.4 is 10.2 Å². The molecule has 1 heterocycles. The minimum absolute atomic E-state index is 0.176. The zero-order valence-corrected chi connectivity index (χ0v) is 16.4. The van der Waals surface area contributed by atoms with Crippen molar-refractivity contribution in [3.05, 3.63) is 59.2 Å². The average Bonchev–Trinajstić information content (AvgIpc) is 3.03. The van der Waals surface area contributed by atoms with Gasteiger partial charge in [0.15, 0.2) is 0 Å². The van der Waals surface area contributed by atoms with Gasteiger partial charge in [-0.15, -0.1) is 0 Å². The summed E-state index contributed by atoms with van der Waals surface area (Å²) >= 11 is 6.05. The van der Waals surface area contributed by atoms with Crippen LogP contribution in [-0.4, -0.2) is 29.5 Å². The van der Waals surface area contributed by atoms with E-state index in [0.717, 1.165) is 18.8 Å². The third-order valence-electron chi connectivity index (χ3n) is 4.61. The van der Waals surface area contributed by atoms with Crippen LogP contribution in [0, 0.1) is 0 Å². The first-order valence-corrected chi connectivity index (χ1v) is 9.30. The van der Waals surface area contributed by atoms with E-state index in [4.69, 9.17) is 11.6 Å². The Morgan fingerprint density at radius 2 is 1.74 bits per heavy atom. The average molecular weight is 384 g/mol. The smallest absolute Gasteiger partial charge is 0.257 e. The van der Waals surface area contributed by atoms with Crippen molar-refractivity contribution in [2.24, 2.45) is 0 Å². The highest BCUT2D eigenvalue weighted by molar-refractivity contribution is 6.31. The van der Waals surface area contributed by atoms with Crippen LogP contribution in [-0.2, 0) is 0 Å². The number of rotatable bonds is 5. The van der Waals surface area contributed by atoms with Crippen molar-refractivity contribution < 1.29 is 9.59 Å². The van der Waals surface area contributed by atoms with Gasteiger partial charge in [-0.2, -0.15) is 0 Å². The highest BCUT2D eigenvalue weighted by atomic mass is 35.5. The molecule has 0 aliphatic rings. The standard InChI is InChI=1S/C21H22ClN3O2/c1-4-24(5-2)17-9-7-16(8-10-17)23-21(27)19-13-25(14(3)26)20-12-15(22)6-11-18(19)20/h6-13H,4-5H2,1-3H3,(H,23,27). The highest BCUT2D eigenvalue weighted by Crippen LogP contribution is 2.26. The van der Waals surface area contributed by atoms with Gasteiger partial charge in [0.1, 0.15) is 0 Å². The summed E-state index contributed by atoms with van der Waals surface area (Å²) in [6.45, 7) is 7.52. The maximum absolute atomic E-state index is 12.8. The van der Waals surface area contributed by atoms with E-state index in [0.29, 0.717) is 27.2 Å². The number of hydrogen-bond donors (Lipinski definition) is 1. The Bertz CT molecular complexity index is 989. The lowest BCUT2D eigenvalue weighted by molar-refractivity contribution is 0.0941. The van der Waals surface area contributed by atoms with Gasteiger partial charge in [0.25, 0.3) is 5.91 Å². The van der Waals surface area contributed by atoms with Crippen LogP contribution in [0.1, 0.15) is 35.9 Å². The Labute approximate surface area is 163 Å². The lowest BCUT2D eigenvalue weighted by Gasteiger charge is -2.21. The molecule has 6 heteroatoms. The third kappa shape index (κ3) is 3.83. The number of hydrogen-bond acceptors (Lipinski definition) is 3. The maximum Gasteiger partial charge on any atom is 0.257 e. The molecule has 0 bridgehead atoms. The van der Waals surface area contributed by atoms with E-state index >= 15 is 0 Å². The number of benzene rings is 2. The van der Waals surface area contributed by atoms with E-state index in [1.807, 2.05) is 24.3 Å². The predicted octanol–water partition coefficient (Wildman–Crippen LogP) is 5.05. The molecule has 0 saturated heterocycles. The molecule has 5 nitrogen and oxygen atoms in total. The van der Waals surface area contributed by atoms with Crippen LogP contribution in [0.25, 0.3) is 10.9 Å². The summed E-state index contributed by atoms with van der Waals surface area (Å²) in [4.78, 5) is 26.9. The summed E-state index contributed by atoms with van der Waals surface area (Å²) in [6.07, 6.45) is 1.56. The van der Waals surface area contributed by atoms with E-state index in [2.05, 4.69) is 24.1 Å². The molecule has 27 heavy (non-hydrogen) atoms. The lowest BCUT2D eigenvalue weighted by atomic mass is 10.1. The Kier molecular flexibility index (Phi) is 5.51. The highest BCUT2D eigenvalue weighted by Gasteiger charge is 2.17. The predicted molar refractivity (Wildman–Crippen MR) is 111 cm³/mol. The normalized spacial score (nSPS) is 10.8. The zero-order chi connectivity index (χ0) is 19.6. The van der Waals surface area contributed by atoms with E-state index < -0.39 is 0 Å². The van der Waals surface area contributed by atoms with Crippen molar-refractivity contribution in [3.63, 3.8) is 0 Å². The first-order valence-electron chi connectivity index (χ1n) is 8.92. The quantitative estimate of drug-likeness (QED) is 0.670. The van der Waals surface area contributed by atoms with Crippen LogP contribution in [0.4, 0.5) is 11.4 Å². The second kappa shape index (κ2) is 7.84. The maximum atomic E-state index is 12.8. The number of nitrogens with one attached hydrogen (secondary N) is 1. The molecule has 0 unspecified atom stereocenters. The molecule has 0 saturated carbocycles. The number of halogens is 1. The Hall–Kier alpha value is -2.79. The van der Waals surface area contributed by atoms with Crippen LogP contribution in [0.2, 0.25) is 5.02 Å². The molecule has 0 aliphatic heterocycles. The van der Waals surface area contributed by atoms with Gasteiger partial charge in [0.2, 0.25) is 5.91 Å². The third-order valence-corrected chi connectivity index (χ3v) is 4.84. The van der Waals surface area contributed by atoms with Gasteiger partial charge in [-0.1, -0.05) is 17.7 Å². The Morgan fingerprint density at radius 3 is 2.33 bits per heavy atom. The van der Waals surface area contributed by atoms with Gasteiger partial charge in [-0.3, -0.25) is 14.2 Å². The number of aromatic nitrogens is 1. The lowest BCUT2D eigenvalue weighted by Crippen LogP contribution is -2.21. The number of anilines is 2. The van der Waals surface area contributed by atoms with E-state index in [1.54, 1.807) is 24.4 Å². The molecule has 1 aromatic heterocycles. The molecule has 2 aromatic carbocycles. The summed E-state index contributed by atoms with van der Waals surface area (Å²) in [5.41, 5.74) is 2.87. The molecule has 140 valence electrons. The van der Waals surface area contributed by atoms with Crippen molar-refractivity contribution in [2.45, 2.75) is 20.8 Å². The van der Waals surface area contributed by atoms with Crippen LogP contribution >= 0.6 is 11.6 Å². The molecule has 0 spiro atoms. The fourth-order valence-corrected chi connectivity index (χ4v) is 3.35. The monoisotopic (exact) mass is 383 g/mol. The van der Waals surface area contributed by atoms with Crippen molar-refractivity contribution in [3.8, 4) is 0 Å². The van der Waals surface area contributed by atoms with Gasteiger partial charge < -0.3 is 10.2 Å². The summed E-state index contributed by atoms with van der Waals surface area (Å²) in [5.74, 6) is -0.442. The Morgan fingerprint density at radius 1 is 1.07 bits per heavy atom. The Balaban J connectivity index is 1.89. The molecule has 0 radical (unpaired) electrons. The molecule has 0 fully saturated rings. The first kappa shape index (κ1) is 19.0. The summed E-state index contributed by atoms with van der Waals surface area (Å²) in [7, 11) is 0. The number of carbonyl (C=O) groups is 2. The fraction of sp³-hybridized carbons (Fsp3) is 0.238. The van der Waals surface area contributed by atoms with Crippen LogP contribution in [0.3, 0.4) is 0 Å². The van der Waals surface area contributed by atoms with Crippen molar-refractivity contribution >= 4 is 45.7 Å². The second-order valence-electron chi connectivity index (χ2n) is 6.27. The number of carbonyl (C=O) groups excluding carboxylic acids is 2. The molecule has 0 atom stereocenters. The van der Waals surface area contributed by atoms with Crippen molar-refractivity contribution in [2.75, 3.05) is 23.3 Å². The van der Waals surface area contributed by atoms with E-state index in [-0.39, 0.29) is 11.8 Å².